The molecule has 2 aliphatic heterocycles. The maximum atomic E-state index is 8.58. The van der Waals surface area contributed by atoms with Crippen molar-refractivity contribution in [3.05, 3.63) is 89.0 Å². The molecule has 2 atom stereocenters. The van der Waals surface area contributed by atoms with E-state index in [1.165, 1.54) is 0 Å². The molecule has 48 heavy (non-hydrogen) atoms. The highest BCUT2D eigenvalue weighted by atomic mass is 35.5. The molecule has 2 aliphatic rings. The summed E-state index contributed by atoms with van der Waals surface area (Å²) in [6.07, 6.45) is 9.80. The van der Waals surface area contributed by atoms with Crippen LogP contribution in [-0.2, 0) is 9.47 Å². The van der Waals surface area contributed by atoms with E-state index in [4.69, 9.17) is 54.3 Å². The van der Waals surface area contributed by atoms with E-state index in [9.17, 15) is 0 Å². The van der Waals surface area contributed by atoms with Gasteiger partial charge in [-0.05, 0) is 67.2 Å². The number of hydrogen-bond donors (Lipinski definition) is 2. The van der Waals surface area contributed by atoms with Crippen LogP contribution in [-0.4, -0.2) is 69.4 Å². The van der Waals surface area contributed by atoms with Crippen molar-refractivity contribution in [1.82, 2.24) is 39.0 Å². The molecule has 6 heterocycles. The average molecular weight is 710 g/mol. The van der Waals surface area contributed by atoms with Crippen molar-refractivity contribution in [2.45, 2.75) is 51.0 Å². The van der Waals surface area contributed by atoms with E-state index in [0.717, 1.165) is 74.2 Å². The second kappa shape index (κ2) is 16.1. The third-order valence-corrected chi connectivity index (χ3v) is 8.42. The molecule has 2 fully saturated rings. The zero-order chi connectivity index (χ0) is 33.5. The molecule has 2 unspecified atom stereocenters. The second-order valence-electron chi connectivity index (χ2n) is 11.1. The van der Waals surface area contributed by atoms with Crippen molar-refractivity contribution in [3.8, 4) is 11.3 Å². The Bertz CT molecular complexity index is 1940. The Morgan fingerprint density at radius 3 is 1.69 bits per heavy atom. The van der Waals surface area contributed by atoms with Crippen molar-refractivity contribution in [1.29, 1.82) is 0 Å². The minimum Gasteiger partial charge on any atom is -0.423 e. The molecule has 0 aliphatic carbocycles. The number of fused-ring (bicyclic) bond motifs is 2. The largest absolute Gasteiger partial charge is 0.488 e. The van der Waals surface area contributed by atoms with Crippen LogP contribution in [0.25, 0.3) is 33.6 Å². The second-order valence-corrected chi connectivity index (χ2v) is 12.1. The molecule has 2 N–H and O–H groups in total. The molecule has 0 spiro atoms. The van der Waals surface area contributed by atoms with E-state index in [2.05, 4.69) is 29.9 Å². The maximum Gasteiger partial charge on any atom is 0.488 e. The third-order valence-electron chi connectivity index (χ3n) is 7.82. The quantitative estimate of drug-likeness (QED) is 0.126. The Kier molecular flexibility index (Phi) is 11.5. The topological polar surface area (TPSA) is 146 Å². The van der Waals surface area contributed by atoms with Gasteiger partial charge in [-0.15, -0.1) is 0 Å². The first-order valence-electron chi connectivity index (χ1n) is 15.5. The van der Waals surface area contributed by atoms with Gasteiger partial charge < -0.3 is 19.5 Å². The normalized spacial score (nSPS) is 17.7. The minimum atomic E-state index is -1.34. The van der Waals surface area contributed by atoms with Crippen LogP contribution >= 0.6 is 34.8 Å². The fourth-order valence-corrected chi connectivity index (χ4v) is 6.06. The molecule has 4 aromatic heterocycles. The molecule has 8 rings (SSSR count). The third kappa shape index (κ3) is 8.12. The van der Waals surface area contributed by atoms with E-state index in [1.54, 1.807) is 36.9 Å². The SMILES string of the molecule is Clc1nc(-c2ccccc2)c2ncn(C3CCCCO3)c2n1.Clc1nc(Cl)c2ncn(C3CCCCO3)c2n1.OB(O)c1ccccc1. The number of benzene rings is 2. The number of hydrogen-bond acceptors (Lipinski definition) is 10. The number of halogens is 3. The molecule has 0 saturated carbocycles. The monoisotopic (exact) mass is 708 g/mol. The van der Waals surface area contributed by atoms with E-state index >= 15 is 0 Å². The number of ether oxygens (including phenoxy) is 2. The molecule has 0 radical (unpaired) electrons. The highest BCUT2D eigenvalue weighted by molar-refractivity contribution is 6.58. The number of aromatic nitrogens is 8. The van der Waals surface area contributed by atoms with Gasteiger partial charge in [-0.3, -0.25) is 9.13 Å². The van der Waals surface area contributed by atoms with Crippen LogP contribution in [0.2, 0.25) is 15.7 Å². The molecule has 16 heteroatoms. The van der Waals surface area contributed by atoms with Gasteiger partial charge >= 0.3 is 7.12 Å². The maximum absolute atomic E-state index is 8.58. The Morgan fingerprint density at radius 2 is 1.17 bits per heavy atom. The summed E-state index contributed by atoms with van der Waals surface area (Å²) in [4.78, 5) is 25.5. The fraction of sp³-hybridized carbons (Fsp3) is 0.312. The molecular weight excluding hydrogens is 678 g/mol. The summed E-state index contributed by atoms with van der Waals surface area (Å²) in [6.45, 7) is 1.53. The van der Waals surface area contributed by atoms with Crippen LogP contribution in [0.5, 0.6) is 0 Å². The van der Waals surface area contributed by atoms with E-state index in [0.29, 0.717) is 16.6 Å². The number of rotatable bonds is 4. The van der Waals surface area contributed by atoms with Gasteiger partial charge in [-0.1, -0.05) is 72.3 Å². The summed E-state index contributed by atoms with van der Waals surface area (Å²) in [6, 6.07) is 18.6. The van der Waals surface area contributed by atoms with Crippen LogP contribution in [0.1, 0.15) is 51.0 Å². The molecule has 2 aromatic carbocycles. The summed E-state index contributed by atoms with van der Waals surface area (Å²) in [7, 11) is -1.34. The first-order chi connectivity index (χ1) is 23.4. The Balaban J connectivity index is 0.000000137. The lowest BCUT2D eigenvalue weighted by Gasteiger charge is -2.23. The first kappa shape index (κ1) is 34.2. The standard InChI is InChI=1S/C16H15ClN4O.C10H10Cl2N4O.C6H7BO2/c17-16-19-13(11-6-2-1-3-7-11)14-15(20-16)21(10-18-14)12-8-4-5-9-22-12;11-8-7-9(15-10(12)14-8)16(5-13-7)6-3-1-2-4-17-6;8-7(9)6-4-2-1-3-5-6/h1-3,6-7,10,12H,4-5,8-9H2;5-6H,1-4H2;1-5,8-9H. The van der Waals surface area contributed by atoms with Crippen molar-refractivity contribution >= 4 is 69.7 Å². The van der Waals surface area contributed by atoms with Gasteiger partial charge in [0.15, 0.2) is 16.4 Å². The zero-order valence-electron chi connectivity index (χ0n) is 25.7. The predicted octanol–water partition coefficient (Wildman–Crippen LogP) is 6.04. The molecule has 12 nitrogen and oxygen atoms in total. The van der Waals surface area contributed by atoms with Crippen LogP contribution in [0.4, 0.5) is 0 Å². The summed E-state index contributed by atoms with van der Waals surface area (Å²) in [5.41, 5.74) is 4.93. The van der Waals surface area contributed by atoms with E-state index in [1.807, 2.05) is 45.5 Å². The van der Waals surface area contributed by atoms with Gasteiger partial charge in [0, 0.05) is 18.8 Å². The minimum absolute atomic E-state index is 0.0201. The Morgan fingerprint density at radius 1 is 0.646 bits per heavy atom. The van der Waals surface area contributed by atoms with Crippen molar-refractivity contribution in [2.24, 2.45) is 0 Å². The molecule has 6 aromatic rings. The average Bonchev–Trinajstić information content (AvgIpc) is 3.75. The summed E-state index contributed by atoms with van der Waals surface area (Å²) < 4.78 is 15.4. The molecule has 0 bridgehead atoms. The van der Waals surface area contributed by atoms with Crippen molar-refractivity contribution in [2.75, 3.05) is 13.2 Å². The predicted molar refractivity (Wildman–Crippen MR) is 185 cm³/mol. The number of nitrogens with zero attached hydrogens (tertiary/aromatic N) is 8. The van der Waals surface area contributed by atoms with Gasteiger partial charge in [0.1, 0.15) is 29.2 Å². The first-order valence-corrected chi connectivity index (χ1v) is 16.7. The van der Waals surface area contributed by atoms with Crippen LogP contribution in [0.3, 0.4) is 0 Å². The van der Waals surface area contributed by atoms with Crippen LogP contribution < -0.4 is 5.46 Å². The van der Waals surface area contributed by atoms with Gasteiger partial charge in [-0.2, -0.15) is 9.97 Å². The molecule has 0 amide bonds. The fourth-order valence-electron chi connectivity index (χ4n) is 5.48. The lowest BCUT2D eigenvalue weighted by atomic mass is 9.81. The van der Waals surface area contributed by atoms with Gasteiger partial charge in [0.2, 0.25) is 10.6 Å². The van der Waals surface area contributed by atoms with E-state index < -0.39 is 7.12 Å². The highest BCUT2D eigenvalue weighted by Crippen LogP contribution is 2.31. The van der Waals surface area contributed by atoms with Gasteiger partial charge in [-0.25, -0.2) is 19.9 Å². The Labute approximate surface area is 291 Å². The van der Waals surface area contributed by atoms with Crippen LogP contribution in [0.15, 0.2) is 73.3 Å². The lowest BCUT2D eigenvalue weighted by Crippen LogP contribution is -2.29. The van der Waals surface area contributed by atoms with Gasteiger partial charge in [0.25, 0.3) is 0 Å². The summed E-state index contributed by atoms with van der Waals surface area (Å²) >= 11 is 17.9. The number of imidazole rings is 2. The zero-order valence-corrected chi connectivity index (χ0v) is 28.0. The summed E-state index contributed by atoms with van der Waals surface area (Å²) in [5.74, 6) is 0. The van der Waals surface area contributed by atoms with Crippen LogP contribution in [0, 0.1) is 0 Å². The van der Waals surface area contributed by atoms with Gasteiger partial charge in [0.05, 0.1) is 12.7 Å². The highest BCUT2D eigenvalue weighted by Gasteiger charge is 2.22. The summed E-state index contributed by atoms with van der Waals surface area (Å²) in [5, 5.41) is 17.8. The van der Waals surface area contributed by atoms with Crippen molar-refractivity contribution in [3.63, 3.8) is 0 Å². The van der Waals surface area contributed by atoms with E-state index in [-0.39, 0.29) is 28.2 Å². The smallest absolute Gasteiger partial charge is 0.423 e. The lowest BCUT2D eigenvalue weighted by molar-refractivity contribution is -0.0299. The van der Waals surface area contributed by atoms with Crippen molar-refractivity contribution < 1.29 is 19.5 Å². The Hall–Kier alpha value is -3.69. The molecule has 248 valence electrons. The molecular formula is C32H32BCl3N8O4. The molecule has 2 saturated heterocycles.